The van der Waals surface area contributed by atoms with E-state index < -0.39 is 5.60 Å². The third-order valence-electron chi connectivity index (χ3n) is 2.97. The number of amides is 1. The van der Waals surface area contributed by atoms with E-state index in [4.69, 9.17) is 0 Å². The number of nitrogens with one attached hydrogen (secondary N) is 1. The molecule has 0 aromatic carbocycles. The van der Waals surface area contributed by atoms with E-state index >= 15 is 0 Å². The first-order valence-electron chi connectivity index (χ1n) is 6.15. The average molecular weight is 228 g/mol. The Morgan fingerprint density at radius 1 is 1.56 bits per heavy atom. The molecule has 0 aliphatic carbocycles. The molecular weight excluding hydrogens is 204 g/mol. The molecule has 0 aromatic rings. The zero-order valence-electron chi connectivity index (χ0n) is 10.6. The topological polar surface area (TPSA) is 52.6 Å². The SMILES string of the molecule is CCN(CC(C)(C)O)C1CCCNC(=O)C1. The largest absolute Gasteiger partial charge is 0.389 e. The molecule has 94 valence electrons. The van der Waals surface area contributed by atoms with Crippen LogP contribution in [0.5, 0.6) is 0 Å². The molecule has 0 saturated carbocycles. The second-order valence-corrected chi connectivity index (χ2v) is 5.23. The predicted molar refractivity (Wildman–Crippen MR) is 64.2 cm³/mol. The van der Waals surface area contributed by atoms with Crippen molar-refractivity contribution in [3.8, 4) is 0 Å². The molecule has 1 amide bonds. The predicted octanol–water partition coefficient (Wildman–Crippen LogP) is 0.748. The summed E-state index contributed by atoms with van der Waals surface area (Å²) in [5, 5.41) is 12.7. The Morgan fingerprint density at radius 2 is 2.25 bits per heavy atom. The second-order valence-electron chi connectivity index (χ2n) is 5.23. The van der Waals surface area contributed by atoms with Crippen molar-refractivity contribution in [1.82, 2.24) is 10.2 Å². The number of rotatable bonds is 4. The lowest BCUT2D eigenvalue weighted by atomic mass is 10.0. The van der Waals surface area contributed by atoms with Gasteiger partial charge in [0.15, 0.2) is 0 Å². The Labute approximate surface area is 98.0 Å². The highest BCUT2D eigenvalue weighted by Gasteiger charge is 2.26. The van der Waals surface area contributed by atoms with Gasteiger partial charge in [0.1, 0.15) is 0 Å². The van der Waals surface area contributed by atoms with E-state index in [9.17, 15) is 9.90 Å². The van der Waals surface area contributed by atoms with E-state index in [1.54, 1.807) is 0 Å². The summed E-state index contributed by atoms with van der Waals surface area (Å²) in [7, 11) is 0. The molecule has 2 N–H and O–H groups in total. The van der Waals surface area contributed by atoms with E-state index in [0.717, 1.165) is 25.9 Å². The molecule has 1 heterocycles. The summed E-state index contributed by atoms with van der Waals surface area (Å²) in [6.45, 7) is 7.99. The molecule has 1 aliphatic rings. The van der Waals surface area contributed by atoms with Crippen molar-refractivity contribution in [2.75, 3.05) is 19.6 Å². The van der Waals surface area contributed by atoms with Gasteiger partial charge in [-0.05, 0) is 33.2 Å². The fraction of sp³-hybridized carbons (Fsp3) is 0.917. The Hall–Kier alpha value is -0.610. The Morgan fingerprint density at radius 3 is 2.81 bits per heavy atom. The van der Waals surface area contributed by atoms with Crippen molar-refractivity contribution in [3.05, 3.63) is 0 Å². The third kappa shape index (κ3) is 4.49. The van der Waals surface area contributed by atoms with Crippen molar-refractivity contribution in [2.24, 2.45) is 0 Å². The van der Waals surface area contributed by atoms with Crippen molar-refractivity contribution in [2.45, 2.75) is 51.7 Å². The normalized spacial score (nSPS) is 23.1. The summed E-state index contributed by atoms with van der Waals surface area (Å²) in [6, 6.07) is 0.277. The molecule has 1 unspecified atom stereocenters. The molecule has 0 spiro atoms. The Balaban J connectivity index is 2.59. The Kier molecular flexibility index (Phi) is 4.74. The first-order valence-corrected chi connectivity index (χ1v) is 6.15. The van der Waals surface area contributed by atoms with Crippen LogP contribution in [0.25, 0.3) is 0 Å². The van der Waals surface area contributed by atoms with Crippen molar-refractivity contribution >= 4 is 5.91 Å². The maximum Gasteiger partial charge on any atom is 0.221 e. The molecule has 1 atom stereocenters. The van der Waals surface area contributed by atoms with E-state index in [1.807, 2.05) is 13.8 Å². The van der Waals surface area contributed by atoms with Crippen LogP contribution in [-0.2, 0) is 4.79 Å². The zero-order chi connectivity index (χ0) is 12.2. The molecular formula is C12H24N2O2. The first-order chi connectivity index (χ1) is 7.42. The Bertz CT molecular complexity index is 236. The lowest BCUT2D eigenvalue weighted by Gasteiger charge is -2.33. The van der Waals surface area contributed by atoms with Crippen LogP contribution >= 0.6 is 0 Å². The van der Waals surface area contributed by atoms with Crippen molar-refractivity contribution in [3.63, 3.8) is 0 Å². The summed E-state index contributed by atoms with van der Waals surface area (Å²) in [5.74, 6) is 0.136. The zero-order valence-corrected chi connectivity index (χ0v) is 10.6. The molecule has 1 saturated heterocycles. The van der Waals surface area contributed by atoms with E-state index in [-0.39, 0.29) is 11.9 Å². The van der Waals surface area contributed by atoms with Crippen LogP contribution in [0.15, 0.2) is 0 Å². The quantitative estimate of drug-likeness (QED) is 0.746. The van der Waals surface area contributed by atoms with Crippen LogP contribution in [-0.4, -0.2) is 47.2 Å². The average Bonchev–Trinajstić information content (AvgIpc) is 2.38. The first kappa shape index (κ1) is 13.5. The fourth-order valence-electron chi connectivity index (χ4n) is 2.26. The van der Waals surface area contributed by atoms with Crippen molar-refractivity contribution < 1.29 is 9.90 Å². The van der Waals surface area contributed by atoms with Crippen LogP contribution in [0.4, 0.5) is 0 Å². The molecule has 0 bridgehead atoms. The minimum atomic E-state index is -0.696. The van der Waals surface area contributed by atoms with Crippen LogP contribution in [0.3, 0.4) is 0 Å². The number of carbonyl (C=O) groups excluding carboxylic acids is 1. The molecule has 16 heavy (non-hydrogen) atoms. The lowest BCUT2D eigenvalue weighted by Crippen LogP contribution is -2.45. The van der Waals surface area contributed by atoms with Gasteiger partial charge in [0.05, 0.1) is 5.60 Å². The maximum atomic E-state index is 11.5. The summed E-state index contributed by atoms with van der Waals surface area (Å²) >= 11 is 0. The number of hydrogen-bond acceptors (Lipinski definition) is 3. The fourth-order valence-corrected chi connectivity index (χ4v) is 2.26. The number of carbonyl (C=O) groups is 1. The smallest absolute Gasteiger partial charge is 0.221 e. The van der Waals surface area contributed by atoms with Gasteiger partial charge in [-0.25, -0.2) is 0 Å². The summed E-state index contributed by atoms with van der Waals surface area (Å²) in [4.78, 5) is 13.7. The molecule has 4 heteroatoms. The van der Waals surface area contributed by atoms with Crippen LogP contribution in [0.2, 0.25) is 0 Å². The van der Waals surface area contributed by atoms with Crippen molar-refractivity contribution in [1.29, 1.82) is 0 Å². The maximum absolute atomic E-state index is 11.5. The summed E-state index contributed by atoms with van der Waals surface area (Å²) in [6.07, 6.45) is 2.62. The highest BCUT2D eigenvalue weighted by atomic mass is 16.3. The third-order valence-corrected chi connectivity index (χ3v) is 2.97. The van der Waals surface area contributed by atoms with Gasteiger partial charge < -0.3 is 10.4 Å². The van der Waals surface area contributed by atoms with Gasteiger partial charge in [-0.1, -0.05) is 6.92 Å². The second kappa shape index (κ2) is 5.64. The minimum absolute atomic E-state index is 0.136. The van der Waals surface area contributed by atoms with Crippen LogP contribution in [0, 0.1) is 0 Å². The van der Waals surface area contributed by atoms with E-state index in [0.29, 0.717) is 13.0 Å². The summed E-state index contributed by atoms with van der Waals surface area (Å²) in [5.41, 5.74) is -0.696. The van der Waals surface area contributed by atoms with E-state index in [2.05, 4.69) is 17.1 Å². The van der Waals surface area contributed by atoms with Crippen LogP contribution < -0.4 is 5.32 Å². The minimum Gasteiger partial charge on any atom is -0.389 e. The molecule has 1 rings (SSSR count). The molecule has 1 fully saturated rings. The van der Waals surface area contributed by atoms with E-state index in [1.165, 1.54) is 0 Å². The molecule has 0 aromatic heterocycles. The summed E-state index contributed by atoms with van der Waals surface area (Å²) < 4.78 is 0. The van der Waals surface area contributed by atoms with Gasteiger partial charge in [-0.2, -0.15) is 0 Å². The highest BCUT2D eigenvalue weighted by Crippen LogP contribution is 2.16. The number of nitrogens with zero attached hydrogens (tertiary/aromatic N) is 1. The van der Waals surface area contributed by atoms with Crippen LogP contribution in [0.1, 0.15) is 40.0 Å². The van der Waals surface area contributed by atoms with Gasteiger partial charge in [-0.3, -0.25) is 9.69 Å². The number of aliphatic hydroxyl groups is 1. The number of likely N-dealkylation sites (N-methyl/N-ethyl adjacent to an activating group) is 1. The lowest BCUT2D eigenvalue weighted by molar-refractivity contribution is -0.122. The monoisotopic (exact) mass is 228 g/mol. The van der Waals surface area contributed by atoms with Gasteiger partial charge >= 0.3 is 0 Å². The molecule has 0 radical (unpaired) electrons. The molecule has 1 aliphatic heterocycles. The number of hydrogen-bond donors (Lipinski definition) is 2. The highest BCUT2D eigenvalue weighted by molar-refractivity contribution is 5.76. The molecule has 4 nitrogen and oxygen atoms in total. The van der Waals surface area contributed by atoms with Gasteiger partial charge in [0, 0.05) is 25.6 Å². The van der Waals surface area contributed by atoms with Gasteiger partial charge in [-0.15, -0.1) is 0 Å². The van der Waals surface area contributed by atoms with Gasteiger partial charge in [0.2, 0.25) is 5.91 Å². The van der Waals surface area contributed by atoms with Gasteiger partial charge in [0.25, 0.3) is 0 Å². The standard InChI is InChI=1S/C12H24N2O2/c1-4-14(9-12(2,3)16)10-6-5-7-13-11(15)8-10/h10,16H,4-9H2,1-3H3,(H,13,15).